The van der Waals surface area contributed by atoms with E-state index in [1.54, 1.807) is 31.2 Å². The molecule has 1 aliphatic rings. The Labute approximate surface area is 256 Å². The molecule has 1 aromatic heterocycles. The molecule has 1 saturated carbocycles. The first-order valence-corrected chi connectivity index (χ1v) is 15.8. The van der Waals surface area contributed by atoms with Crippen LogP contribution in [0.5, 0.6) is 0 Å². The van der Waals surface area contributed by atoms with Crippen LogP contribution in [0.15, 0.2) is 42.5 Å². The molecule has 0 saturated heterocycles. The maximum atomic E-state index is 13.9. The Morgan fingerprint density at radius 3 is 2.40 bits per heavy atom. The number of amides is 1. The van der Waals surface area contributed by atoms with E-state index in [1.807, 2.05) is 4.57 Å². The van der Waals surface area contributed by atoms with Crippen molar-refractivity contribution in [3.05, 3.63) is 80.2 Å². The van der Waals surface area contributed by atoms with Gasteiger partial charge < -0.3 is 4.90 Å². The Bertz CT molecular complexity index is 1590. The number of hydrogen-bond donors (Lipinski definition) is 0. The summed E-state index contributed by atoms with van der Waals surface area (Å²) in [6.07, 6.45) is -3.52. The second-order valence-corrected chi connectivity index (χ2v) is 13.4. The van der Waals surface area contributed by atoms with Gasteiger partial charge in [0.1, 0.15) is 15.3 Å². The monoisotopic (exact) mass is 718 g/mol. The van der Waals surface area contributed by atoms with Crippen molar-refractivity contribution in [2.75, 3.05) is 18.1 Å². The van der Waals surface area contributed by atoms with Crippen LogP contribution in [0.4, 0.5) is 17.6 Å². The lowest BCUT2D eigenvalue weighted by Crippen LogP contribution is -2.39. The van der Waals surface area contributed by atoms with E-state index < -0.39 is 45.8 Å². The van der Waals surface area contributed by atoms with Gasteiger partial charge in [-0.2, -0.15) is 18.4 Å². The van der Waals surface area contributed by atoms with Crippen LogP contribution in [0.3, 0.4) is 0 Å². The zero-order valence-corrected chi connectivity index (χ0v) is 25.2. The number of aromatic nitrogens is 2. The largest absolute Gasteiger partial charge is 0.419 e. The smallest absolute Gasteiger partial charge is 0.331 e. The van der Waals surface area contributed by atoms with Crippen molar-refractivity contribution in [3.63, 3.8) is 0 Å². The van der Waals surface area contributed by atoms with Crippen molar-refractivity contribution >= 4 is 38.3 Å². The summed E-state index contributed by atoms with van der Waals surface area (Å²) in [7, 11) is -3.50. The standard InChI is InChI=1S/C28H27F4IN4O3S.CH4/c1-3-41(39,40)13-12-36(24(38)15-19-6-11-23(29)22(14-19)28(30,31)32)17(2)27-35-25(20-7-8-20)26(33)37(27)21-9-4-18(16-34)5-10-21;/h4-6,9-11,14,17,20H,3,7-8,12-13,15H2,1-2H3;1H4/t17-;/m1./s1. The van der Waals surface area contributed by atoms with Gasteiger partial charge in [0.25, 0.3) is 0 Å². The average Bonchev–Trinajstić information content (AvgIpc) is 3.71. The van der Waals surface area contributed by atoms with E-state index >= 15 is 0 Å². The van der Waals surface area contributed by atoms with E-state index in [2.05, 4.69) is 28.7 Å². The highest BCUT2D eigenvalue weighted by Crippen LogP contribution is 2.43. The van der Waals surface area contributed by atoms with E-state index in [9.17, 15) is 36.0 Å². The molecular formula is C29H31F4IN4O3S. The minimum absolute atomic E-state index is 0. The topological polar surface area (TPSA) is 96.1 Å². The van der Waals surface area contributed by atoms with Gasteiger partial charge in [-0.3, -0.25) is 9.36 Å². The molecule has 1 heterocycles. The highest BCUT2D eigenvalue weighted by Gasteiger charge is 2.36. The van der Waals surface area contributed by atoms with Gasteiger partial charge in [-0.1, -0.05) is 20.4 Å². The van der Waals surface area contributed by atoms with Crippen LogP contribution < -0.4 is 0 Å². The first kappa shape index (κ1) is 33.5. The molecule has 3 aromatic rings. The van der Waals surface area contributed by atoms with Gasteiger partial charge in [-0.15, -0.1) is 0 Å². The third-order valence-corrected chi connectivity index (χ3v) is 9.75. The Kier molecular flexibility index (Phi) is 10.5. The van der Waals surface area contributed by atoms with Crippen LogP contribution >= 0.6 is 22.6 Å². The second-order valence-electron chi connectivity index (χ2n) is 9.90. The number of rotatable bonds is 10. The van der Waals surface area contributed by atoms with Crippen LogP contribution in [0.2, 0.25) is 0 Å². The lowest BCUT2D eigenvalue weighted by Gasteiger charge is -2.30. The minimum atomic E-state index is -4.94. The number of sulfone groups is 1. The molecule has 0 radical (unpaired) electrons. The van der Waals surface area contributed by atoms with E-state index in [4.69, 9.17) is 4.98 Å². The number of imidazole rings is 1. The van der Waals surface area contributed by atoms with Gasteiger partial charge in [0.15, 0.2) is 9.84 Å². The van der Waals surface area contributed by atoms with Gasteiger partial charge in [0.05, 0.1) is 41.1 Å². The summed E-state index contributed by atoms with van der Waals surface area (Å²) in [6.45, 7) is 2.97. The van der Waals surface area contributed by atoms with E-state index in [1.165, 1.54) is 11.8 Å². The molecule has 13 heteroatoms. The van der Waals surface area contributed by atoms with E-state index in [0.717, 1.165) is 28.3 Å². The third-order valence-electron chi connectivity index (χ3n) is 7.03. The molecular weight excluding hydrogens is 687 g/mol. The number of nitrogens with zero attached hydrogens (tertiary/aromatic N) is 4. The average molecular weight is 719 g/mol. The van der Waals surface area contributed by atoms with Gasteiger partial charge >= 0.3 is 6.18 Å². The molecule has 0 spiro atoms. The van der Waals surface area contributed by atoms with Gasteiger partial charge in [-0.25, -0.2) is 17.8 Å². The molecule has 4 rings (SSSR count). The highest BCUT2D eigenvalue weighted by molar-refractivity contribution is 14.1. The predicted molar refractivity (Wildman–Crippen MR) is 159 cm³/mol. The molecule has 0 bridgehead atoms. The molecule has 1 fully saturated rings. The number of nitriles is 1. The van der Waals surface area contributed by atoms with Crippen molar-refractivity contribution in [1.82, 2.24) is 14.5 Å². The quantitative estimate of drug-likeness (QED) is 0.174. The summed E-state index contributed by atoms with van der Waals surface area (Å²) in [6, 6.07) is 10.5. The fourth-order valence-corrected chi connectivity index (χ4v) is 6.34. The van der Waals surface area contributed by atoms with E-state index in [-0.39, 0.29) is 37.0 Å². The van der Waals surface area contributed by atoms with Crippen LogP contribution in [-0.2, 0) is 27.2 Å². The molecule has 1 aliphatic carbocycles. The molecule has 42 heavy (non-hydrogen) atoms. The van der Waals surface area contributed by atoms with Crippen molar-refractivity contribution < 1.29 is 30.8 Å². The molecule has 0 aliphatic heterocycles. The fraction of sp³-hybridized carbons (Fsp3) is 0.414. The normalized spacial score (nSPS) is 14.1. The highest BCUT2D eigenvalue weighted by atomic mass is 127. The Balaban J connectivity index is 0.00000484. The van der Waals surface area contributed by atoms with Gasteiger partial charge in [-0.05, 0) is 84.3 Å². The molecule has 0 unspecified atom stereocenters. The predicted octanol–water partition coefficient (Wildman–Crippen LogP) is 6.59. The second kappa shape index (κ2) is 13.1. The number of carbonyl (C=O) groups is 1. The van der Waals surface area contributed by atoms with Crippen LogP contribution in [0.1, 0.15) is 74.3 Å². The van der Waals surface area contributed by atoms with Crippen LogP contribution in [0.25, 0.3) is 5.69 Å². The molecule has 7 nitrogen and oxygen atoms in total. The van der Waals surface area contributed by atoms with Crippen LogP contribution in [0, 0.1) is 20.8 Å². The summed E-state index contributed by atoms with van der Waals surface area (Å²) < 4.78 is 81.2. The number of halogens is 5. The summed E-state index contributed by atoms with van der Waals surface area (Å²) in [5.41, 5.74) is 0.467. The van der Waals surface area contributed by atoms with Crippen LogP contribution in [-0.4, -0.2) is 46.8 Å². The lowest BCUT2D eigenvalue weighted by atomic mass is 10.1. The summed E-state index contributed by atoms with van der Waals surface area (Å²) >= 11 is 2.18. The molecule has 226 valence electrons. The first-order valence-electron chi connectivity index (χ1n) is 12.9. The molecule has 1 atom stereocenters. The third kappa shape index (κ3) is 7.50. The molecule has 0 N–H and O–H groups in total. The minimum Gasteiger partial charge on any atom is -0.331 e. The first-order chi connectivity index (χ1) is 19.3. The Morgan fingerprint density at radius 1 is 1.21 bits per heavy atom. The SMILES string of the molecule is C.CCS(=O)(=O)CCN(C(=O)Cc1ccc(F)c(C(F)(F)F)c1)[C@H](C)c1nc(C2CC2)c(I)n1-c1ccc(C#N)cc1. The van der Waals surface area contributed by atoms with Crippen molar-refractivity contribution in [1.29, 1.82) is 5.26 Å². The number of carbonyl (C=O) groups excluding carboxylic acids is 1. The summed E-state index contributed by atoms with van der Waals surface area (Å²) in [5.74, 6) is -1.85. The summed E-state index contributed by atoms with van der Waals surface area (Å²) in [5, 5.41) is 9.21. The van der Waals surface area contributed by atoms with Crippen molar-refractivity contribution in [2.24, 2.45) is 0 Å². The number of benzene rings is 2. The van der Waals surface area contributed by atoms with Crippen molar-refractivity contribution in [2.45, 2.75) is 58.7 Å². The maximum absolute atomic E-state index is 13.9. The zero-order chi connectivity index (χ0) is 30.1. The lowest BCUT2D eigenvalue weighted by molar-refractivity contribution is -0.140. The Morgan fingerprint density at radius 2 is 1.86 bits per heavy atom. The van der Waals surface area contributed by atoms with Crippen molar-refractivity contribution in [3.8, 4) is 11.8 Å². The zero-order valence-electron chi connectivity index (χ0n) is 22.3. The Hall–Kier alpha value is -2.99. The molecule has 1 amide bonds. The molecule has 2 aromatic carbocycles. The summed E-state index contributed by atoms with van der Waals surface area (Å²) in [4.78, 5) is 19.8. The number of hydrogen-bond acceptors (Lipinski definition) is 5. The fourth-order valence-electron chi connectivity index (χ4n) is 4.49. The van der Waals surface area contributed by atoms with E-state index in [0.29, 0.717) is 29.2 Å². The van der Waals surface area contributed by atoms with Gasteiger partial charge in [0, 0.05) is 23.9 Å². The van der Waals surface area contributed by atoms with Gasteiger partial charge in [0.2, 0.25) is 5.91 Å². The maximum Gasteiger partial charge on any atom is 0.419 e. The number of alkyl halides is 3.